The number of hydrogen-bond donors (Lipinski definition) is 2. The lowest BCUT2D eigenvalue weighted by atomic mass is 9.86. The van der Waals surface area contributed by atoms with Crippen molar-refractivity contribution >= 4 is 11.9 Å². The fourth-order valence-electron chi connectivity index (χ4n) is 3.37. The summed E-state index contributed by atoms with van der Waals surface area (Å²) in [4.78, 5) is 24.1. The maximum atomic E-state index is 12.5. The first kappa shape index (κ1) is 20.1. The zero-order valence-electron chi connectivity index (χ0n) is 16.5. The van der Waals surface area contributed by atoms with Crippen LogP contribution in [0.4, 0.5) is 0 Å². The molecule has 2 heterocycles. The van der Waals surface area contributed by atoms with Crippen LogP contribution in [0.1, 0.15) is 49.7 Å². The number of furan rings is 1. The van der Waals surface area contributed by atoms with Crippen LogP contribution in [-0.2, 0) is 14.9 Å². The van der Waals surface area contributed by atoms with Gasteiger partial charge in [0.05, 0.1) is 6.61 Å². The van der Waals surface area contributed by atoms with E-state index in [2.05, 4.69) is 26.1 Å². The zero-order chi connectivity index (χ0) is 20.3. The quantitative estimate of drug-likeness (QED) is 0.816. The molecule has 3 rings (SSSR count). The maximum absolute atomic E-state index is 12.5. The molecule has 2 atom stereocenters. The van der Waals surface area contributed by atoms with E-state index in [1.165, 1.54) is 5.56 Å². The highest BCUT2D eigenvalue weighted by atomic mass is 16.5. The van der Waals surface area contributed by atoms with Gasteiger partial charge >= 0.3 is 5.97 Å². The molecule has 150 valence electrons. The molecule has 6 heteroatoms. The molecule has 1 aromatic heterocycles. The van der Waals surface area contributed by atoms with Crippen LogP contribution in [0.15, 0.2) is 40.8 Å². The molecular formula is C22H27NO5. The van der Waals surface area contributed by atoms with E-state index < -0.39 is 17.9 Å². The van der Waals surface area contributed by atoms with E-state index in [0.29, 0.717) is 25.4 Å². The minimum atomic E-state index is -1.06. The third kappa shape index (κ3) is 4.62. The lowest BCUT2D eigenvalue weighted by Gasteiger charge is -2.27. The summed E-state index contributed by atoms with van der Waals surface area (Å²) in [5.74, 6) is -1.17. The molecule has 0 aliphatic carbocycles. The summed E-state index contributed by atoms with van der Waals surface area (Å²) in [7, 11) is 0. The van der Waals surface area contributed by atoms with E-state index in [0.717, 1.165) is 12.0 Å². The first-order valence-electron chi connectivity index (χ1n) is 9.58. The Labute approximate surface area is 164 Å². The molecule has 1 aliphatic heterocycles. The molecule has 6 nitrogen and oxygen atoms in total. The minimum Gasteiger partial charge on any atom is -0.480 e. The fraction of sp³-hybridized carbons (Fsp3) is 0.455. The molecular weight excluding hydrogens is 358 g/mol. The highest BCUT2D eigenvalue weighted by Crippen LogP contribution is 2.27. The second-order valence-electron chi connectivity index (χ2n) is 8.26. The van der Waals surface area contributed by atoms with Crippen molar-refractivity contribution in [2.24, 2.45) is 5.92 Å². The van der Waals surface area contributed by atoms with Crippen LogP contribution in [0.25, 0.3) is 11.3 Å². The second kappa shape index (κ2) is 8.19. The topological polar surface area (TPSA) is 88.8 Å². The van der Waals surface area contributed by atoms with Gasteiger partial charge < -0.3 is 19.6 Å². The van der Waals surface area contributed by atoms with E-state index in [1.807, 2.05) is 24.3 Å². The Bertz CT molecular complexity index is 825. The predicted molar refractivity (Wildman–Crippen MR) is 105 cm³/mol. The number of carbonyl (C=O) groups is 2. The Morgan fingerprint density at radius 2 is 1.86 bits per heavy atom. The number of rotatable bonds is 5. The van der Waals surface area contributed by atoms with E-state index in [4.69, 9.17) is 9.15 Å². The monoisotopic (exact) mass is 385 g/mol. The molecule has 2 N–H and O–H groups in total. The SMILES string of the molecule is CC(C)(C)c1ccc(-c2ccc(C(=O)NC(C(=O)O)C3CCCOC3)o2)cc1. The standard InChI is InChI=1S/C22H27NO5/c1-22(2,3)16-8-6-14(7-9-16)17-10-11-18(28-17)20(24)23-19(21(25)26)15-5-4-12-27-13-15/h6-11,15,19H,4-5,12-13H2,1-3H3,(H,23,24)(H,25,26). The van der Waals surface area contributed by atoms with Gasteiger partial charge in [-0.05, 0) is 36.0 Å². The van der Waals surface area contributed by atoms with Gasteiger partial charge in [-0.25, -0.2) is 4.79 Å². The Balaban J connectivity index is 1.71. The number of carbonyl (C=O) groups excluding carboxylic acids is 1. The van der Waals surface area contributed by atoms with Gasteiger partial charge in [0.25, 0.3) is 5.91 Å². The van der Waals surface area contributed by atoms with Crippen molar-refractivity contribution in [1.82, 2.24) is 5.32 Å². The molecule has 28 heavy (non-hydrogen) atoms. The largest absolute Gasteiger partial charge is 0.480 e. The van der Waals surface area contributed by atoms with Gasteiger partial charge in [0.2, 0.25) is 0 Å². The molecule has 1 saturated heterocycles. The van der Waals surface area contributed by atoms with Crippen molar-refractivity contribution < 1.29 is 23.8 Å². The zero-order valence-corrected chi connectivity index (χ0v) is 16.5. The number of amides is 1. The first-order valence-corrected chi connectivity index (χ1v) is 9.58. The van der Waals surface area contributed by atoms with Crippen molar-refractivity contribution in [3.8, 4) is 11.3 Å². The summed E-state index contributed by atoms with van der Waals surface area (Å²) in [5, 5.41) is 12.1. The predicted octanol–water partition coefficient (Wildman–Crippen LogP) is 3.85. The summed E-state index contributed by atoms with van der Waals surface area (Å²) in [6.07, 6.45) is 1.50. The van der Waals surface area contributed by atoms with Gasteiger partial charge in [0.15, 0.2) is 5.76 Å². The van der Waals surface area contributed by atoms with Crippen molar-refractivity contribution in [3.63, 3.8) is 0 Å². The smallest absolute Gasteiger partial charge is 0.326 e. The molecule has 0 spiro atoms. The minimum absolute atomic E-state index is 0.0570. The van der Waals surface area contributed by atoms with Crippen LogP contribution in [0, 0.1) is 5.92 Å². The lowest BCUT2D eigenvalue weighted by Crippen LogP contribution is -2.48. The number of ether oxygens (including phenoxy) is 1. The Hall–Kier alpha value is -2.60. The Morgan fingerprint density at radius 1 is 1.14 bits per heavy atom. The van der Waals surface area contributed by atoms with Crippen molar-refractivity contribution in [2.75, 3.05) is 13.2 Å². The van der Waals surface area contributed by atoms with Crippen LogP contribution in [-0.4, -0.2) is 36.2 Å². The molecule has 1 fully saturated rings. The summed E-state index contributed by atoms with van der Waals surface area (Å²) < 4.78 is 11.0. The Kier molecular flexibility index (Phi) is 5.89. The third-order valence-electron chi connectivity index (χ3n) is 5.08. The summed E-state index contributed by atoms with van der Waals surface area (Å²) in [5.41, 5.74) is 2.13. The average Bonchev–Trinajstić information content (AvgIpc) is 3.16. The van der Waals surface area contributed by atoms with Crippen LogP contribution >= 0.6 is 0 Å². The number of carboxylic acid groups (broad SMARTS) is 1. The van der Waals surface area contributed by atoms with E-state index >= 15 is 0 Å². The van der Waals surface area contributed by atoms with Gasteiger partial charge in [-0.2, -0.15) is 0 Å². The van der Waals surface area contributed by atoms with Crippen LogP contribution in [0.3, 0.4) is 0 Å². The first-order chi connectivity index (χ1) is 13.3. The van der Waals surface area contributed by atoms with E-state index in [-0.39, 0.29) is 17.1 Å². The van der Waals surface area contributed by atoms with Crippen molar-refractivity contribution in [2.45, 2.75) is 45.1 Å². The van der Waals surface area contributed by atoms with Gasteiger partial charge in [-0.3, -0.25) is 4.79 Å². The third-order valence-corrected chi connectivity index (χ3v) is 5.08. The molecule has 0 bridgehead atoms. The molecule has 2 aromatic rings. The molecule has 2 unspecified atom stereocenters. The molecule has 0 saturated carbocycles. The van der Waals surface area contributed by atoms with E-state index in [9.17, 15) is 14.7 Å². The van der Waals surface area contributed by atoms with Gasteiger partial charge in [0.1, 0.15) is 11.8 Å². The van der Waals surface area contributed by atoms with Crippen molar-refractivity contribution in [1.29, 1.82) is 0 Å². The number of hydrogen-bond acceptors (Lipinski definition) is 4. The molecule has 1 aliphatic rings. The van der Waals surface area contributed by atoms with Crippen LogP contribution < -0.4 is 5.32 Å². The van der Waals surface area contributed by atoms with Gasteiger partial charge in [0, 0.05) is 18.1 Å². The summed E-state index contributed by atoms with van der Waals surface area (Å²) in [6.45, 7) is 7.40. The fourth-order valence-corrected chi connectivity index (χ4v) is 3.37. The van der Waals surface area contributed by atoms with E-state index in [1.54, 1.807) is 12.1 Å². The number of aliphatic carboxylic acids is 1. The maximum Gasteiger partial charge on any atom is 0.326 e. The number of carboxylic acids is 1. The second-order valence-corrected chi connectivity index (χ2v) is 8.26. The van der Waals surface area contributed by atoms with Crippen molar-refractivity contribution in [3.05, 3.63) is 47.7 Å². The molecule has 1 amide bonds. The molecule has 0 radical (unpaired) electrons. The van der Waals surface area contributed by atoms with Gasteiger partial charge in [-0.1, -0.05) is 45.0 Å². The lowest BCUT2D eigenvalue weighted by molar-refractivity contribution is -0.142. The highest BCUT2D eigenvalue weighted by molar-refractivity contribution is 5.94. The van der Waals surface area contributed by atoms with Crippen LogP contribution in [0.5, 0.6) is 0 Å². The number of nitrogens with one attached hydrogen (secondary N) is 1. The van der Waals surface area contributed by atoms with Crippen LogP contribution in [0.2, 0.25) is 0 Å². The van der Waals surface area contributed by atoms with Gasteiger partial charge in [-0.15, -0.1) is 0 Å². The summed E-state index contributed by atoms with van der Waals surface area (Å²) >= 11 is 0. The average molecular weight is 385 g/mol. The number of benzene rings is 1. The summed E-state index contributed by atoms with van der Waals surface area (Å²) in [6, 6.07) is 10.3. The molecule has 1 aromatic carbocycles. The Morgan fingerprint density at radius 3 is 2.43 bits per heavy atom. The highest BCUT2D eigenvalue weighted by Gasteiger charge is 2.32. The normalized spacial score (nSPS) is 18.5.